The Morgan fingerprint density at radius 2 is 1.83 bits per heavy atom. The van der Waals surface area contributed by atoms with Crippen LogP contribution >= 0.6 is 0 Å². The van der Waals surface area contributed by atoms with Gasteiger partial charge >= 0.3 is 5.97 Å². The summed E-state index contributed by atoms with van der Waals surface area (Å²) in [6, 6.07) is 8.51. The van der Waals surface area contributed by atoms with Gasteiger partial charge in [0, 0.05) is 18.0 Å². The van der Waals surface area contributed by atoms with Gasteiger partial charge in [-0.15, -0.1) is 0 Å². The normalized spacial score (nSPS) is 10.7. The molecule has 0 fully saturated rings. The van der Waals surface area contributed by atoms with Crippen LogP contribution in [0.5, 0.6) is 0 Å². The minimum absolute atomic E-state index is 0.0794. The van der Waals surface area contributed by atoms with Crippen LogP contribution in [0, 0.1) is 0 Å². The summed E-state index contributed by atoms with van der Waals surface area (Å²) >= 11 is 0. The van der Waals surface area contributed by atoms with E-state index >= 15 is 0 Å². The number of benzene rings is 1. The van der Waals surface area contributed by atoms with Gasteiger partial charge in [0.2, 0.25) is 5.76 Å². The molecular weight excluding hydrogens is 232 g/mol. The molecule has 0 aliphatic rings. The van der Waals surface area contributed by atoms with Gasteiger partial charge in [-0.25, -0.2) is 4.79 Å². The monoisotopic (exact) mass is 240 g/mol. The fraction of sp³-hybridized carbons (Fsp3) is 0. The van der Waals surface area contributed by atoms with Gasteiger partial charge < -0.3 is 9.52 Å². The highest BCUT2D eigenvalue weighted by Gasteiger charge is 2.10. The van der Waals surface area contributed by atoms with Crippen molar-refractivity contribution in [3.63, 3.8) is 0 Å². The first-order valence-electron chi connectivity index (χ1n) is 5.28. The van der Waals surface area contributed by atoms with Gasteiger partial charge in [-0.1, -0.05) is 0 Å². The molecule has 3 aromatic rings. The molecule has 3 rings (SSSR count). The van der Waals surface area contributed by atoms with Gasteiger partial charge in [0.25, 0.3) is 0 Å². The standard InChI is InChI=1S/C13H8N2O3/c16-13(17)12-4-3-11(18-12)8-1-2-9-10(7-8)15-6-5-14-9/h1-7H,(H,16,17). The zero-order valence-corrected chi connectivity index (χ0v) is 9.20. The van der Waals surface area contributed by atoms with Crippen molar-refractivity contribution in [2.24, 2.45) is 0 Å². The highest BCUT2D eigenvalue weighted by atomic mass is 16.4. The van der Waals surface area contributed by atoms with Crippen LogP contribution in [0.3, 0.4) is 0 Å². The predicted molar refractivity (Wildman–Crippen MR) is 64.2 cm³/mol. The van der Waals surface area contributed by atoms with Crippen LogP contribution in [0.15, 0.2) is 47.1 Å². The quantitative estimate of drug-likeness (QED) is 0.745. The minimum Gasteiger partial charge on any atom is -0.475 e. The Bertz CT molecular complexity index is 734. The SMILES string of the molecule is O=C(O)c1ccc(-c2ccc3nccnc3c2)o1. The summed E-state index contributed by atoms with van der Waals surface area (Å²) in [4.78, 5) is 19.1. The summed E-state index contributed by atoms with van der Waals surface area (Å²) in [5, 5.41) is 8.80. The van der Waals surface area contributed by atoms with Crippen molar-refractivity contribution in [3.05, 3.63) is 48.5 Å². The average Bonchev–Trinajstić information content (AvgIpc) is 2.88. The largest absolute Gasteiger partial charge is 0.475 e. The molecule has 0 unspecified atom stereocenters. The fourth-order valence-electron chi connectivity index (χ4n) is 1.72. The lowest BCUT2D eigenvalue weighted by Gasteiger charge is -1.99. The smallest absolute Gasteiger partial charge is 0.371 e. The van der Waals surface area contributed by atoms with Crippen molar-refractivity contribution in [1.29, 1.82) is 0 Å². The number of carboxylic acid groups (broad SMARTS) is 1. The summed E-state index contributed by atoms with van der Waals surface area (Å²) in [5.74, 6) is -0.661. The van der Waals surface area contributed by atoms with E-state index in [-0.39, 0.29) is 5.76 Å². The maximum absolute atomic E-state index is 10.7. The van der Waals surface area contributed by atoms with Crippen LogP contribution in [0.1, 0.15) is 10.6 Å². The van der Waals surface area contributed by atoms with E-state index in [0.29, 0.717) is 5.76 Å². The summed E-state index contributed by atoms with van der Waals surface area (Å²) in [6.07, 6.45) is 3.23. The second-order valence-electron chi connectivity index (χ2n) is 3.73. The number of fused-ring (bicyclic) bond motifs is 1. The topological polar surface area (TPSA) is 76.2 Å². The number of furan rings is 1. The Morgan fingerprint density at radius 3 is 2.56 bits per heavy atom. The van der Waals surface area contributed by atoms with Crippen LogP contribution in [-0.2, 0) is 0 Å². The molecule has 0 aliphatic heterocycles. The second-order valence-corrected chi connectivity index (χ2v) is 3.73. The maximum Gasteiger partial charge on any atom is 0.371 e. The summed E-state index contributed by atoms with van der Waals surface area (Å²) in [7, 11) is 0. The van der Waals surface area contributed by atoms with Gasteiger partial charge in [0.05, 0.1) is 11.0 Å². The van der Waals surface area contributed by atoms with Crippen molar-refractivity contribution in [2.45, 2.75) is 0 Å². The molecule has 5 nitrogen and oxygen atoms in total. The van der Waals surface area contributed by atoms with E-state index in [1.54, 1.807) is 18.5 Å². The first-order valence-corrected chi connectivity index (χ1v) is 5.28. The van der Waals surface area contributed by atoms with Crippen molar-refractivity contribution >= 4 is 17.0 Å². The first kappa shape index (κ1) is 10.5. The Kier molecular flexibility index (Phi) is 2.30. The van der Waals surface area contributed by atoms with Crippen LogP contribution in [0.2, 0.25) is 0 Å². The lowest BCUT2D eigenvalue weighted by atomic mass is 10.1. The molecule has 2 heterocycles. The third-order valence-electron chi connectivity index (χ3n) is 2.57. The van der Waals surface area contributed by atoms with Crippen molar-refractivity contribution < 1.29 is 14.3 Å². The fourth-order valence-corrected chi connectivity index (χ4v) is 1.72. The second kappa shape index (κ2) is 3.96. The molecule has 0 saturated carbocycles. The molecule has 0 bridgehead atoms. The number of carboxylic acids is 1. The molecule has 88 valence electrons. The Morgan fingerprint density at radius 1 is 1.06 bits per heavy atom. The molecular formula is C13H8N2O3. The Balaban J connectivity index is 2.10. The molecule has 0 atom stereocenters. The third-order valence-corrected chi connectivity index (χ3v) is 2.57. The number of hydrogen-bond acceptors (Lipinski definition) is 4. The van der Waals surface area contributed by atoms with E-state index in [2.05, 4.69) is 9.97 Å². The van der Waals surface area contributed by atoms with Crippen molar-refractivity contribution in [2.75, 3.05) is 0 Å². The molecule has 5 heteroatoms. The number of nitrogens with zero attached hydrogens (tertiary/aromatic N) is 2. The molecule has 0 saturated heterocycles. The molecule has 0 amide bonds. The van der Waals surface area contributed by atoms with Crippen LogP contribution < -0.4 is 0 Å². The van der Waals surface area contributed by atoms with E-state index < -0.39 is 5.97 Å². The van der Waals surface area contributed by atoms with Gasteiger partial charge in [-0.2, -0.15) is 0 Å². The minimum atomic E-state index is -1.08. The molecule has 0 radical (unpaired) electrons. The number of hydrogen-bond donors (Lipinski definition) is 1. The number of rotatable bonds is 2. The molecule has 1 N–H and O–H groups in total. The Hall–Kier alpha value is -2.69. The van der Waals surface area contributed by atoms with E-state index in [1.165, 1.54) is 6.07 Å². The van der Waals surface area contributed by atoms with Gasteiger partial charge in [-0.05, 0) is 30.3 Å². The highest BCUT2D eigenvalue weighted by Crippen LogP contribution is 2.24. The number of carbonyl (C=O) groups is 1. The summed E-state index contributed by atoms with van der Waals surface area (Å²) in [5.41, 5.74) is 2.30. The first-order chi connectivity index (χ1) is 8.74. The van der Waals surface area contributed by atoms with E-state index in [9.17, 15) is 4.79 Å². The molecule has 18 heavy (non-hydrogen) atoms. The lowest BCUT2D eigenvalue weighted by molar-refractivity contribution is 0.0663. The summed E-state index contributed by atoms with van der Waals surface area (Å²) in [6.45, 7) is 0. The Labute approximate surface area is 102 Å². The van der Waals surface area contributed by atoms with E-state index in [4.69, 9.17) is 9.52 Å². The number of aromatic carboxylic acids is 1. The van der Waals surface area contributed by atoms with Gasteiger partial charge in [0.1, 0.15) is 5.76 Å². The van der Waals surface area contributed by atoms with Crippen LogP contribution in [0.4, 0.5) is 0 Å². The molecule has 0 aliphatic carbocycles. The zero-order chi connectivity index (χ0) is 12.5. The third kappa shape index (κ3) is 1.71. The van der Waals surface area contributed by atoms with Crippen LogP contribution in [0.25, 0.3) is 22.4 Å². The van der Waals surface area contributed by atoms with Crippen molar-refractivity contribution in [1.82, 2.24) is 9.97 Å². The van der Waals surface area contributed by atoms with E-state index in [1.807, 2.05) is 18.2 Å². The molecule has 0 spiro atoms. The van der Waals surface area contributed by atoms with Gasteiger partial charge in [0.15, 0.2) is 0 Å². The maximum atomic E-state index is 10.7. The highest BCUT2D eigenvalue weighted by molar-refractivity contribution is 5.86. The average molecular weight is 240 g/mol. The lowest BCUT2D eigenvalue weighted by Crippen LogP contribution is -1.91. The number of aromatic nitrogens is 2. The zero-order valence-electron chi connectivity index (χ0n) is 9.20. The summed E-state index contributed by atoms with van der Waals surface area (Å²) < 4.78 is 5.23. The van der Waals surface area contributed by atoms with Crippen LogP contribution in [-0.4, -0.2) is 21.0 Å². The predicted octanol–water partition coefficient (Wildman–Crippen LogP) is 2.59. The van der Waals surface area contributed by atoms with Crippen molar-refractivity contribution in [3.8, 4) is 11.3 Å². The van der Waals surface area contributed by atoms with Gasteiger partial charge in [-0.3, -0.25) is 9.97 Å². The molecule has 1 aromatic carbocycles. The molecule has 2 aromatic heterocycles. The van der Waals surface area contributed by atoms with E-state index in [0.717, 1.165) is 16.6 Å².